The zero-order valence-electron chi connectivity index (χ0n) is 9.96. The van der Waals surface area contributed by atoms with E-state index in [9.17, 15) is 0 Å². The number of benzene rings is 1. The molecule has 1 aliphatic rings. The molecule has 1 aromatic rings. The molecule has 16 heavy (non-hydrogen) atoms. The molecule has 1 N–H and O–H groups in total. The van der Waals surface area contributed by atoms with Crippen LogP contribution in [0, 0.1) is 6.92 Å². The molecular formula is C13H19BrN2. The monoisotopic (exact) mass is 282 g/mol. The Balaban J connectivity index is 2.15. The molecule has 2 nitrogen and oxygen atoms in total. The summed E-state index contributed by atoms with van der Waals surface area (Å²) in [4.78, 5) is 2.53. The van der Waals surface area contributed by atoms with Gasteiger partial charge in [0.2, 0.25) is 0 Å². The summed E-state index contributed by atoms with van der Waals surface area (Å²) in [6.07, 6.45) is 0. The fourth-order valence-electron chi connectivity index (χ4n) is 2.24. The molecule has 88 valence electrons. The molecule has 1 aliphatic heterocycles. The molecular weight excluding hydrogens is 264 g/mol. The maximum Gasteiger partial charge on any atom is 0.0332 e. The van der Waals surface area contributed by atoms with Gasteiger partial charge in [0.15, 0.2) is 0 Å². The van der Waals surface area contributed by atoms with Crippen LogP contribution in [0.1, 0.15) is 24.1 Å². The van der Waals surface area contributed by atoms with E-state index in [0.717, 1.165) is 26.2 Å². The molecule has 0 unspecified atom stereocenters. The van der Waals surface area contributed by atoms with Gasteiger partial charge in [0.1, 0.15) is 0 Å². The van der Waals surface area contributed by atoms with Gasteiger partial charge in [-0.15, -0.1) is 0 Å². The summed E-state index contributed by atoms with van der Waals surface area (Å²) in [6, 6.07) is 7.14. The van der Waals surface area contributed by atoms with Crippen molar-refractivity contribution in [3.05, 3.63) is 33.8 Å². The van der Waals surface area contributed by atoms with Crippen LogP contribution in [0.5, 0.6) is 0 Å². The SMILES string of the molecule is Cc1ccc([C@H](C)N2CCNCC2)c(Br)c1. The minimum Gasteiger partial charge on any atom is -0.314 e. The summed E-state index contributed by atoms with van der Waals surface area (Å²) >= 11 is 3.67. The van der Waals surface area contributed by atoms with Gasteiger partial charge in [-0.05, 0) is 31.0 Å². The van der Waals surface area contributed by atoms with Gasteiger partial charge in [-0.2, -0.15) is 0 Å². The summed E-state index contributed by atoms with van der Waals surface area (Å²) in [7, 11) is 0. The molecule has 1 atom stereocenters. The summed E-state index contributed by atoms with van der Waals surface area (Å²) in [5.74, 6) is 0. The largest absolute Gasteiger partial charge is 0.314 e. The zero-order chi connectivity index (χ0) is 11.5. The Labute approximate surface area is 106 Å². The highest BCUT2D eigenvalue weighted by atomic mass is 79.9. The average molecular weight is 283 g/mol. The van der Waals surface area contributed by atoms with Crippen molar-refractivity contribution in [2.75, 3.05) is 26.2 Å². The van der Waals surface area contributed by atoms with Gasteiger partial charge < -0.3 is 5.32 Å². The third kappa shape index (κ3) is 2.65. The Bertz CT molecular complexity index is 359. The van der Waals surface area contributed by atoms with Crippen LogP contribution in [0.2, 0.25) is 0 Å². The van der Waals surface area contributed by atoms with Crippen molar-refractivity contribution in [1.29, 1.82) is 0 Å². The summed E-state index contributed by atoms with van der Waals surface area (Å²) in [5.41, 5.74) is 2.70. The van der Waals surface area contributed by atoms with Gasteiger partial charge in [0.05, 0.1) is 0 Å². The number of nitrogens with one attached hydrogen (secondary N) is 1. The second-order valence-corrected chi connectivity index (χ2v) is 5.34. The zero-order valence-corrected chi connectivity index (χ0v) is 11.5. The number of hydrogen-bond donors (Lipinski definition) is 1. The van der Waals surface area contributed by atoms with Crippen LogP contribution in [0.25, 0.3) is 0 Å². The van der Waals surface area contributed by atoms with Crippen molar-refractivity contribution < 1.29 is 0 Å². The number of nitrogens with zero attached hydrogens (tertiary/aromatic N) is 1. The first kappa shape index (κ1) is 12.1. The first-order valence-corrected chi connectivity index (χ1v) is 6.68. The number of halogens is 1. The van der Waals surface area contributed by atoms with E-state index >= 15 is 0 Å². The summed E-state index contributed by atoms with van der Waals surface area (Å²) in [5, 5.41) is 3.39. The lowest BCUT2D eigenvalue weighted by Gasteiger charge is -2.33. The van der Waals surface area contributed by atoms with Crippen LogP contribution >= 0.6 is 15.9 Å². The van der Waals surface area contributed by atoms with Crippen LogP contribution in [-0.4, -0.2) is 31.1 Å². The molecule has 0 amide bonds. The third-order valence-electron chi connectivity index (χ3n) is 3.31. The van der Waals surface area contributed by atoms with E-state index in [1.807, 2.05) is 0 Å². The lowest BCUT2D eigenvalue weighted by Crippen LogP contribution is -2.44. The molecule has 0 aliphatic carbocycles. The van der Waals surface area contributed by atoms with Gasteiger partial charge in [-0.3, -0.25) is 4.90 Å². The first-order chi connectivity index (χ1) is 7.68. The van der Waals surface area contributed by atoms with Gasteiger partial charge in [0, 0.05) is 36.7 Å². The first-order valence-electron chi connectivity index (χ1n) is 5.89. The van der Waals surface area contributed by atoms with Crippen molar-refractivity contribution in [1.82, 2.24) is 10.2 Å². The third-order valence-corrected chi connectivity index (χ3v) is 3.99. The van der Waals surface area contributed by atoms with Crippen LogP contribution in [0.15, 0.2) is 22.7 Å². The highest BCUT2D eigenvalue weighted by Gasteiger charge is 2.19. The Morgan fingerprint density at radius 2 is 2.00 bits per heavy atom. The van der Waals surface area contributed by atoms with E-state index in [-0.39, 0.29) is 0 Å². The quantitative estimate of drug-likeness (QED) is 0.897. The summed E-state index contributed by atoms with van der Waals surface area (Å²) in [6.45, 7) is 8.91. The van der Waals surface area contributed by atoms with Crippen molar-refractivity contribution in [3.8, 4) is 0 Å². The van der Waals surface area contributed by atoms with Crippen molar-refractivity contribution in [3.63, 3.8) is 0 Å². The Morgan fingerprint density at radius 3 is 2.62 bits per heavy atom. The minimum atomic E-state index is 0.497. The number of aryl methyl sites for hydroxylation is 1. The van der Waals surface area contributed by atoms with E-state index in [0.29, 0.717) is 6.04 Å². The predicted molar refractivity (Wildman–Crippen MR) is 71.7 cm³/mol. The molecule has 2 rings (SSSR count). The molecule has 1 aromatic carbocycles. The highest BCUT2D eigenvalue weighted by molar-refractivity contribution is 9.10. The fourth-order valence-corrected chi connectivity index (χ4v) is 3.06. The molecule has 0 saturated carbocycles. The smallest absolute Gasteiger partial charge is 0.0332 e. The van der Waals surface area contributed by atoms with Crippen LogP contribution < -0.4 is 5.32 Å². The van der Waals surface area contributed by atoms with Gasteiger partial charge >= 0.3 is 0 Å². The van der Waals surface area contributed by atoms with E-state index in [1.165, 1.54) is 15.6 Å². The van der Waals surface area contributed by atoms with Crippen molar-refractivity contribution >= 4 is 15.9 Å². The lowest BCUT2D eigenvalue weighted by atomic mass is 10.0. The molecule has 0 aromatic heterocycles. The molecule has 1 saturated heterocycles. The fraction of sp³-hybridized carbons (Fsp3) is 0.538. The maximum absolute atomic E-state index is 3.67. The van der Waals surface area contributed by atoms with E-state index in [2.05, 4.69) is 58.2 Å². The van der Waals surface area contributed by atoms with Crippen LogP contribution in [0.4, 0.5) is 0 Å². The Kier molecular flexibility index (Phi) is 4.00. The van der Waals surface area contributed by atoms with E-state index < -0.39 is 0 Å². The van der Waals surface area contributed by atoms with Crippen LogP contribution in [0.3, 0.4) is 0 Å². The maximum atomic E-state index is 3.67. The van der Waals surface area contributed by atoms with E-state index in [1.54, 1.807) is 0 Å². The number of hydrogen-bond acceptors (Lipinski definition) is 2. The molecule has 0 spiro atoms. The normalized spacial score (nSPS) is 19.7. The molecule has 0 bridgehead atoms. The standard InChI is InChI=1S/C13H19BrN2/c1-10-3-4-12(13(14)9-10)11(2)16-7-5-15-6-8-16/h3-4,9,11,15H,5-8H2,1-2H3/t11-/m0/s1. The topological polar surface area (TPSA) is 15.3 Å². The van der Waals surface area contributed by atoms with E-state index in [4.69, 9.17) is 0 Å². The molecule has 1 fully saturated rings. The second-order valence-electron chi connectivity index (χ2n) is 4.49. The van der Waals surface area contributed by atoms with Gasteiger partial charge in [0.25, 0.3) is 0 Å². The number of rotatable bonds is 2. The molecule has 1 heterocycles. The summed E-state index contributed by atoms with van der Waals surface area (Å²) < 4.78 is 1.23. The number of piperazine rings is 1. The molecule has 3 heteroatoms. The van der Waals surface area contributed by atoms with Crippen molar-refractivity contribution in [2.24, 2.45) is 0 Å². The Morgan fingerprint density at radius 1 is 1.31 bits per heavy atom. The van der Waals surface area contributed by atoms with Gasteiger partial charge in [-0.1, -0.05) is 28.1 Å². The lowest BCUT2D eigenvalue weighted by molar-refractivity contribution is 0.185. The van der Waals surface area contributed by atoms with Gasteiger partial charge in [-0.25, -0.2) is 0 Å². The molecule has 0 radical (unpaired) electrons. The second kappa shape index (κ2) is 5.30. The predicted octanol–water partition coefficient (Wildman–Crippen LogP) is 2.72. The minimum absolute atomic E-state index is 0.497. The highest BCUT2D eigenvalue weighted by Crippen LogP contribution is 2.28. The Hall–Kier alpha value is -0.380. The van der Waals surface area contributed by atoms with Crippen LogP contribution in [-0.2, 0) is 0 Å². The van der Waals surface area contributed by atoms with Crippen molar-refractivity contribution in [2.45, 2.75) is 19.9 Å². The average Bonchev–Trinajstić information content (AvgIpc) is 2.29.